The van der Waals surface area contributed by atoms with Crippen LogP contribution in [0, 0.1) is 15.9 Å². The number of carboxylic acid groups (broad SMARTS) is 1. The van der Waals surface area contributed by atoms with Crippen molar-refractivity contribution in [2.24, 2.45) is 0 Å². The van der Waals surface area contributed by atoms with E-state index in [9.17, 15) is 24.1 Å². The Bertz CT molecular complexity index is 1130. The first-order valence-electron chi connectivity index (χ1n) is 9.10. The fourth-order valence-electron chi connectivity index (χ4n) is 2.89. The first kappa shape index (κ1) is 21.4. The molecule has 2 N–H and O–H groups in total. The zero-order valence-corrected chi connectivity index (χ0v) is 16.1. The van der Waals surface area contributed by atoms with Gasteiger partial charge in [-0.2, -0.15) is 0 Å². The van der Waals surface area contributed by atoms with E-state index >= 15 is 0 Å². The van der Waals surface area contributed by atoms with Gasteiger partial charge in [-0.15, -0.1) is 0 Å². The number of carbonyl (C=O) groups excluding carboxylic acids is 1. The van der Waals surface area contributed by atoms with Crippen LogP contribution in [-0.2, 0) is 11.3 Å². The molecule has 0 aliphatic heterocycles. The molecule has 8 nitrogen and oxygen atoms in total. The van der Waals surface area contributed by atoms with Gasteiger partial charge in [0.2, 0.25) is 0 Å². The molecular weight excluding hydrogens is 407 g/mol. The number of hydrogen-bond acceptors (Lipinski definition) is 5. The molecule has 0 bridgehead atoms. The number of amides is 1. The molecule has 0 saturated heterocycles. The van der Waals surface area contributed by atoms with Crippen molar-refractivity contribution in [1.82, 2.24) is 5.32 Å². The fraction of sp³-hybridized carbons (Fsp3) is 0.0909. The molecule has 3 rings (SSSR count). The van der Waals surface area contributed by atoms with E-state index in [1.165, 1.54) is 24.3 Å². The van der Waals surface area contributed by atoms with Gasteiger partial charge in [0.05, 0.1) is 10.5 Å². The number of nitro benzene ring substituents is 1. The van der Waals surface area contributed by atoms with Crippen LogP contribution in [0.3, 0.4) is 0 Å². The zero-order chi connectivity index (χ0) is 22.4. The minimum Gasteiger partial charge on any atom is -0.481 e. The molecule has 3 aromatic rings. The smallest absolute Gasteiger partial charge is 0.341 e. The van der Waals surface area contributed by atoms with Crippen LogP contribution < -0.4 is 10.1 Å². The lowest BCUT2D eigenvalue weighted by atomic mass is 10.0. The fourth-order valence-corrected chi connectivity index (χ4v) is 2.89. The highest BCUT2D eigenvalue weighted by molar-refractivity contribution is 5.98. The van der Waals surface area contributed by atoms with Gasteiger partial charge >= 0.3 is 5.97 Å². The van der Waals surface area contributed by atoms with Crippen molar-refractivity contribution in [3.63, 3.8) is 0 Å². The second-order valence-corrected chi connectivity index (χ2v) is 6.49. The lowest BCUT2D eigenvalue weighted by Gasteiger charge is -2.14. The van der Waals surface area contributed by atoms with E-state index in [0.29, 0.717) is 11.1 Å². The van der Waals surface area contributed by atoms with Gasteiger partial charge in [0.1, 0.15) is 11.6 Å². The molecule has 0 heterocycles. The van der Waals surface area contributed by atoms with E-state index < -0.39 is 29.2 Å². The van der Waals surface area contributed by atoms with Crippen molar-refractivity contribution in [3.8, 4) is 16.9 Å². The number of nitro groups is 1. The number of carbonyl (C=O) groups is 2. The van der Waals surface area contributed by atoms with Crippen molar-refractivity contribution in [3.05, 3.63) is 93.8 Å². The molecule has 158 valence electrons. The summed E-state index contributed by atoms with van der Waals surface area (Å²) in [7, 11) is 0. The summed E-state index contributed by atoms with van der Waals surface area (Å²) in [5.41, 5.74) is 0.972. The second kappa shape index (κ2) is 9.49. The Morgan fingerprint density at radius 1 is 1.06 bits per heavy atom. The van der Waals surface area contributed by atoms with Crippen LogP contribution in [0.5, 0.6) is 5.75 Å². The highest BCUT2D eigenvalue weighted by atomic mass is 19.1. The number of hydrogen-bond donors (Lipinski definition) is 2. The normalized spacial score (nSPS) is 10.4. The van der Waals surface area contributed by atoms with E-state index in [4.69, 9.17) is 9.84 Å². The summed E-state index contributed by atoms with van der Waals surface area (Å²) in [5, 5.41) is 22.4. The SMILES string of the molecule is O=C(O)COc1cc(F)c(-c2ccccc2)cc1C(=O)NCc1cccc([N+](=O)[O-])c1. The Morgan fingerprint density at radius 3 is 2.48 bits per heavy atom. The summed E-state index contributed by atoms with van der Waals surface area (Å²) in [6.45, 7) is -0.786. The molecule has 0 aromatic heterocycles. The van der Waals surface area contributed by atoms with Gasteiger partial charge in [-0.1, -0.05) is 42.5 Å². The molecule has 0 unspecified atom stereocenters. The van der Waals surface area contributed by atoms with Crippen molar-refractivity contribution in [2.75, 3.05) is 6.61 Å². The minimum atomic E-state index is -1.28. The van der Waals surface area contributed by atoms with Gasteiger partial charge in [-0.05, 0) is 17.2 Å². The number of nitrogens with one attached hydrogen (secondary N) is 1. The Balaban J connectivity index is 1.90. The number of halogens is 1. The summed E-state index contributed by atoms with van der Waals surface area (Å²) in [6, 6.07) is 16.5. The molecule has 0 radical (unpaired) electrons. The lowest BCUT2D eigenvalue weighted by Crippen LogP contribution is -2.24. The van der Waals surface area contributed by atoms with Crippen LogP contribution >= 0.6 is 0 Å². The topological polar surface area (TPSA) is 119 Å². The first-order chi connectivity index (χ1) is 14.8. The van der Waals surface area contributed by atoms with E-state index in [0.717, 1.165) is 6.07 Å². The lowest BCUT2D eigenvalue weighted by molar-refractivity contribution is -0.384. The zero-order valence-electron chi connectivity index (χ0n) is 16.1. The highest BCUT2D eigenvalue weighted by Gasteiger charge is 2.19. The minimum absolute atomic E-state index is 0.0308. The average molecular weight is 424 g/mol. The number of aliphatic carboxylic acids is 1. The van der Waals surface area contributed by atoms with E-state index in [2.05, 4.69) is 5.32 Å². The number of rotatable bonds is 8. The molecule has 1 amide bonds. The maximum Gasteiger partial charge on any atom is 0.341 e. The van der Waals surface area contributed by atoms with E-state index in [1.807, 2.05) is 0 Å². The van der Waals surface area contributed by atoms with Crippen LogP contribution in [0.15, 0.2) is 66.7 Å². The van der Waals surface area contributed by atoms with Crippen LogP contribution in [0.25, 0.3) is 11.1 Å². The van der Waals surface area contributed by atoms with Crippen molar-refractivity contribution in [2.45, 2.75) is 6.54 Å². The quantitative estimate of drug-likeness (QED) is 0.419. The molecule has 0 aliphatic carbocycles. The summed E-state index contributed by atoms with van der Waals surface area (Å²) in [6.07, 6.45) is 0. The maximum atomic E-state index is 14.7. The maximum absolute atomic E-state index is 14.7. The molecule has 9 heteroatoms. The van der Waals surface area contributed by atoms with Gasteiger partial charge < -0.3 is 15.2 Å². The van der Waals surface area contributed by atoms with Crippen molar-refractivity contribution >= 4 is 17.6 Å². The summed E-state index contributed by atoms with van der Waals surface area (Å²) in [4.78, 5) is 34.0. The predicted octanol–water partition coefficient (Wildman–Crippen LogP) is 3.79. The largest absolute Gasteiger partial charge is 0.481 e. The summed E-state index contributed by atoms with van der Waals surface area (Å²) in [5.74, 6) is -2.84. The van der Waals surface area contributed by atoms with Gasteiger partial charge in [-0.3, -0.25) is 14.9 Å². The molecule has 0 spiro atoms. The molecule has 3 aromatic carbocycles. The first-order valence-corrected chi connectivity index (χ1v) is 9.10. The summed E-state index contributed by atoms with van der Waals surface area (Å²) >= 11 is 0. The molecular formula is C22H17FN2O6. The molecule has 31 heavy (non-hydrogen) atoms. The third kappa shape index (κ3) is 5.41. The number of ether oxygens (including phenoxy) is 1. The Labute approximate surface area is 176 Å². The highest BCUT2D eigenvalue weighted by Crippen LogP contribution is 2.30. The van der Waals surface area contributed by atoms with Gasteiger partial charge in [-0.25, -0.2) is 9.18 Å². The van der Waals surface area contributed by atoms with Crippen molar-refractivity contribution < 1.29 is 28.7 Å². The molecule has 0 saturated carbocycles. The van der Waals surface area contributed by atoms with Gasteiger partial charge in [0.15, 0.2) is 6.61 Å². The monoisotopic (exact) mass is 424 g/mol. The van der Waals surface area contributed by atoms with Gasteiger partial charge in [0.25, 0.3) is 11.6 Å². The van der Waals surface area contributed by atoms with Crippen molar-refractivity contribution in [1.29, 1.82) is 0 Å². The second-order valence-electron chi connectivity index (χ2n) is 6.49. The van der Waals surface area contributed by atoms with Crippen LogP contribution in [0.4, 0.5) is 10.1 Å². The summed E-state index contributed by atoms with van der Waals surface area (Å²) < 4.78 is 19.8. The molecule has 0 aliphatic rings. The Morgan fingerprint density at radius 2 is 1.81 bits per heavy atom. The van der Waals surface area contributed by atoms with Crippen LogP contribution in [0.2, 0.25) is 0 Å². The number of benzene rings is 3. The molecule has 0 atom stereocenters. The number of non-ortho nitro benzene ring substituents is 1. The third-order valence-corrected chi connectivity index (χ3v) is 4.32. The Hall–Kier alpha value is -4.27. The average Bonchev–Trinajstić information content (AvgIpc) is 2.76. The number of carboxylic acids is 1. The predicted molar refractivity (Wildman–Crippen MR) is 109 cm³/mol. The van der Waals surface area contributed by atoms with E-state index in [1.54, 1.807) is 36.4 Å². The van der Waals surface area contributed by atoms with E-state index in [-0.39, 0.29) is 29.1 Å². The molecule has 0 fully saturated rings. The van der Waals surface area contributed by atoms with Gasteiger partial charge in [0, 0.05) is 30.3 Å². The van der Waals surface area contributed by atoms with Crippen LogP contribution in [-0.4, -0.2) is 28.5 Å². The third-order valence-electron chi connectivity index (χ3n) is 4.32. The van der Waals surface area contributed by atoms with Crippen LogP contribution in [0.1, 0.15) is 15.9 Å². The Kier molecular flexibility index (Phi) is 6.56. The number of nitrogens with zero attached hydrogens (tertiary/aromatic N) is 1. The standard InChI is InChI=1S/C22H17FN2O6/c23-19-11-20(31-13-21(26)27)18(10-17(19)15-6-2-1-3-7-15)22(28)24-12-14-5-4-8-16(9-14)25(29)30/h1-11H,12-13H2,(H,24,28)(H,26,27).